The van der Waals surface area contributed by atoms with E-state index in [2.05, 4.69) is 10.6 Å². The normalized spacial score (nSPS) is 32.2. The Labute approximate surface area is 169 Å². The molecule has 5 unspecified atom stereocenters. The van der Waals surface area contributed by atoms with Crippen LogP contribution in [0, 0.1) is 17.8 Å². The molecule has 0 aliphatic heterocycles. The standard InChI is InChI=1S/C22H39N3O3/c1-28-20-13-17(12-16-9-5-6-10-18(16)20)24-22(27)19(25-21(26)14-23)11-15-7-3-2-4-8-15/h15-20H,2-14,23H2,1H3,(H,24,27)(H,25,26). The molecule has 0 saturated heterocycles. The van der Waals surface area contributed by atoms with Crippen LogP contribution in [0.1, 0.15) is 77.0 Å². The molecule has 2 amide bonds. The van der Waals surface area contributed by atoms with Crippen molar-refractivity contribution in [1.29, 1.82) is 0 Å². The summed E-state index contributed by atoms with van der Waals surface area (Å²) in [5.74, 6) is 1.52. The van der Waals surface area contributed by atoms with Crippen molar-refractivity contribution < 1.29 is 14.3 Å². The average molecular weight is 394 g/mol. The molecule has 0 aromatic rings. The Bertz CT molecular complexity index is 513. The van der Waals surface area contributed by atoms with E-state index in [-0.39, 0.29) is 30.5 Å². The van der Waals surface area contributed by atoms with Gasteiger partial charge in [0.1, 0.15) is 6.04 Å². The molecule has 3 aliphatic rings. The lowest BCUT2D eigenvalue weighted by molar-refractivity contribution is -0.130. The topological polar surface area (TPSA) is 93.5 Å². The summed E-state index contributed by atoms with van der Waals surface area (Å²) in [6, 6.07) is -0.329. The first-order valence-electron chi connectivity index (χ1n) is 11.4. The molecule has 0 aromatic carbocycles. The van der Waals surface area contributed by atoms with Crippen molar-refractivity contribution in [3.8, 4) is 0 Å². The Hall–Kier alpha value is -1.14. The molecular formula is C22H39N3O3. The van der Waals surface area contributed by atoms with Crippen molar-refractivity contribution in [3.05, 3.63) is 0 Å². The molecule has 6 heteroatoms. The highest BCUT2D eigenvalue weighted by Gasteiger charge is 2.40. The first kappa shape index (κ1) is 21.6. The van der Waals surface area contributed by atoms with Gasteiger partial charge in [-0.3, -0.25) is 9.59 Å². The van der Waals surface area contributed by atoms with E-state index in [1.807, 2.05) is 0 Å². The van der Waals surface area contributed by atoms with Gasteiger partial charge in [0.25, 0.3) is 0 Å². The minimum atomic E-state index is -0.468. The second kappa shape index (κ2) is 10.6. The van der Waals surface area contributed by atoms with Crippen molar-refractivity contribution in [3.63, 3.8) is 0 Å². The first-order valence-corrected chi connectivity index (χ1v) is 11.4. The third-order valence-corrected chi connectivity index (χ3v) is 7.33. The van der Waals surface area contributed by atoms with Crippen LogP contribution in [0.15, 0.2) is 0 Å². The maximum absolute atomic E-state index is 13.1. The van der Waals surface area contributed by atoms with E-state index >= 15 is 0 Å². The van der Waals surface area contributed by atoms with Gasteiger partial charge in [-0.2, -0.15) is 0 Å². The molecule has 3 rings (SSSR count). The third kappa shape index (κ3) is 5.69. The van der Waals surface area contributed by atoms with Crippen molar-refractivity contribution >= 4 is 11.8 Å². The van der Waals surface area contributed by atoms with Gasteiger partial charge in [0.05, 0.1) is 12.6 Å². The first-order chi connectivity index (χ1) is 13.6. The van der Waals surface area contributed by atoms with Crippen molar-refractivity contribution in [2.45, 2.75) is 95.2 Å². The molecule has 0 bridgehead atoms. The lowest BCUT2D eigenvalue weighted by Gasteiger charge is -2.44. The van der Waals surface area contributed by atoms with Crippen LogP contribution in [0.5, 0.6) is 0 Å². The average Bonchev–Trinajstić information content (AvgIpc) is 2.73. The van der Waals surface area contributed by atoms with Crippen LogP contribution in [0.2, 0.25) is 0 Å². The second-order valence-electron chi connectivity index (χ2n) is 9.22. The minimum Gasteiger partial charge on any atom is -0.381 e. The molecule has 0 radical (unpaired) electrons. The van der Waals surface area contributed by atoms with Crippen LogP contribution in [0.3, 0.4) is 0 Å². The summed E-state index contributed by atoms with van der Waals surface area (Å²) in [5.41, 5.74) is 5.49. The van der Waals surface area contributed by atoms with E-state index in [0.717, 1.165) is 32.1 Å². The monoisotopic (exact) mass is 393 g/mol. The smallest absolute Gasteiger partial charge is 0.242 e. The van der Waals surface area contributed by atoms with Crippen molar-refractivity contribution in [2.75, 3.05) is 13.7 Å². The number of carbonyl (C=O) groups excluding carboxylic acids is 2. The molecule has 5 atom stereocenters. The second-order valence-corrected chi connectivity index (χ2v) is 9.22. The largest absolute Gasteiger partial charge is 0.381 e. The fraction of sp³-hybridized carbons (Fsp3) is 0.909. The van der Waals surface area contributed by atoms with Gasteiger partial charge in [-0.25, -0.2) is 0 Å². The third-order valence-electron chi connectivity index (χ3n) is 7.33. The number of amides is 2. The van der Waals surface area contributed by atoms with Crippen molar-refractivity contribution in [2.24, 2.45) is 23.5 Å². The fourth-order valence-corrected chi connectivity index (χ4v) is 5.87. The Morgan fingerprint density at radius 2 is 1.75 bits per heavy atom. The van der Waals surface area contributed by atoms with Gasteiger partial charge in [0, 0.05) is 13.2 Å². The van der Waals surface area contributed by atoms with Gasteiger partial charge in [0.2, 0.25) is 11.8 Å². The molecule has 160 valence electrons. The van der Waals surface area contributed by atoms with Crippen LogP contribution >= 0.6 is 0 Å². The highest BCUT2D eigenvalue weighted by molar-refractivity contribution is 5.88. The maximum Gasteiger partial charge on any atom is 0.242 e. The summed E-state index contributed by atoms with van der Waals surface area (Å²) in [6.45, 7) is -0.0760. The SMILES string of the molecule is COC1CC(NC(=O)C(CC2CCCCC2)NC(=O)CN)CC2CCCCC21. The molecule has 6 nitrogen and oxygen atoms in total. The Morgan fingerprint density at radius 3 is 2.46 bits per heavy atom. The van der Waals surface area contributed by atoms with E-state index in [1.54, 1.807) is 7.11 Å². The summed E-state index contributed by atoms with van der Waals surface area (Å²) in [6.07, 6.45) is 14.0. The highest BCUT2D eigenvalue weighted by Crippen LogP contribution is 2.41. The molecule has 28 heavy (non-hydrogen) atoms. The molecule has 3 saturated carbocycles. The van der Waals surface area contributed by atoms with Crippen LogP contribution < -0.4 is 16.4 Å². The quantitative estimate of drug-likeness (QED) is 0.619. The van der Waals surface area contributed by atoms with E-state index in [0.29, 0.717) is 17.8 Å². The molecule has 0 aromatic heterocycles. The Balaban J connectivity index is 1.60. The van der Waals surface area contributed by atoms with Crippen LogP contribution in [-0.4, -0.2) is 43.7 Å². The minimum absolute atomic E-state index is 0.0403. The number of nitrogens with two attached hydrogens (primary N) is 1. The van der Waals surface area contributed by atoms with Crippen molar-refractivity contribution in [1.82, 2.24) is 10.6 Å². The summed E-state index contributed by atoms with van der Waals surface area (Å²) < 4.78 is 5.80. The molecule has 0 spiro atoms. The van der Waals surface area contributed by atoms with Gasteiger partial charge >= 0.3 is 0 Å². The molecule has 4 N–H and O–H groups in total. The molecule has 3 aliphatic carbocycles. The molecular weight excluding hydrogens is 354 g/mol. The fourth-order valence-electron chi connectivity index (χ4n) is 5.87. The van der Waals surface area contributed by atoms with Crippen LogP contribution in [-0.2, 0) is 14.3 Å². The highest BCUT2D eigenvalue weighted by atomic mass is 16.5. The van der Waals surface area contributed by atoms with E-state index in [4.69, 9.17) is 10.5 Å². The number of hydrogen-bond donors (Lipinski definition) is 3. The van der Waals surface area contributed by atoms with E-state index in [1.165, 1.54) is 44.9 Å². The number of rotatable bonds is 7. The predicted octanol–water partition coefficient (Wildman–Crippen LogP) is 2.50. The number of fused-ring (bicyclic) bond motifs is 1. The van der Waals surface area contributed by atoms with Gasteiger partial charge < -0.3 is 21.1 Å². The van der Waals surface area contributed by atoms with Gasteiger partial charge in [-0.05, 0) is 43.4 Å². The summed E-state index contributed by atoms with van der Waals surface area (Å²) in [7, 11) is 1.80. The maximum atomic E-state index is 13.1. The lowest BCUT2D eigenvalue weighted by Crippen LogP contribution is -2.54. The zero-order valence-electron chi connectivity index (χ0n) is 17.5. The zero-order chi connectivity index (χ0) is 19.9. The zero-order valence-corrected chi connectivity index (χ0v) is 17.5. The summed E-state index contributed by atoms with van der Waals surface area (Å²) in [5, 5.41) is 6.14. The van der Waals surface area contributed by atoms with E-state index in [9.17, 15) is 9.59 Å². The molecule has 3 fully saturated rings. The number of methoxy groups -OCH3 is 1. The predicted molar refractivity (Wildman–Crippen MR) is 110 cm³/mol. The number of carbonyl (C=O) groups is 2. The summed E-state index contributed by atoms with van der Waals surface area (Å²) >= 11 is 0. The number of nitrogens with one attached hydrogen (secondary N) is 2. The number of hydrogen-bond acceptors (Lipinski definition) is 4. The number of ether oxygens (including phenoxy) is 1. The van der Waals surface area contributed by atoms with E-state index < -0.39 is 6.04 Å². The summed E-state index contributed by atoms with van der Waals surface area (Å²) in [4.78, 5) is 25.0. The van der Waals surface area contributed by atoms with Gasteiger partial charge in [-0.15, -0.1) is 0 Å². The van der Waals surface area contributed by atoms with Crippen LogP contribution in [0.25, 0.3) is 0 Å². The van der Waals surface area contributed by atoms with Gasteiger partial charge in [0.15, 0.2) is 0 Å². The molecule has 0 heterocycles. The Morgan fingerprint density at radius 1 is 1.04 bits per heavy atom. The Kier molecular flexibility index (Phi) is 8.15. The van der Waals surface area contributed by atoms with Crippen LogP contribution in [0.4, 0.5) is 0 Å². The lowest BCUT2D eigenvalue weighted by atomic mass is 9.68. The van der Waals surface area contributed by atoms with Gasteiger partial charge in [-0.1, -0.05) is 51.4 Å².